The Morgan fingerprint density at radius 1 is 0.436 bits per heavy atom. The standard InChI is InChI=1S/C68H128N2O24/c1-5-7-9-11-13-15-17-19-21-22-24-26-28-30-32-34-36-38-47(75)64(86)70-45(52(76)46(74)37-35-33-31-29-27-25-23-20-18-16-14-12-10-8-6-2)40-87-68-63(58(82)53(77)48(39-71)90-68)94-67-60(84)57(81)55(79)50(92-67)41-88-65-51(69-44(4)73)56(80)54(78)49(91-65)42-89-66-61(85)59(83)62(93-66)43(3)72/h43,45-63,65-68,71-72,74-85H,5-42H2,1-4H3,(H,69,73)(H,70,86). The SMILES string of the molecule is CCCCCCCCCCCCCCCCCCCC(O)C(=O)NC(COC1OC(CO)C(O)C(O)C1OC1OC(COC2OC(COC3OC(C(C)O)C(O)C3O)C(O)C(O)C2NC(C)=O)C(O)C(O)C1O)C(O)C(O)CCCCCCCCCCCCCCCCC. The second-order valence-corrected chi connectivity index (χ2v) is 27.1. The molecule has 0 spiro atoms. The molecule has 16 N–H and O–H groups in total. The Hall–Kier alpha value is -1.94. The summed E-state index contributed by atoms with van der Waals surface area (Å²) in [6.45, 7) is 4.00. The fourth-order valence-corrected chi connectivity index (χ4v) is 12.9. The van der Waals surface area contributed by atoms with Crippen LogP contribution in [0.4, 0.5) is 0 Å². The Morgan fingerprint density at radius 2 is 0.840 bits per heavy atom. The lowest BCUT2D eigenvalue weighted by atomic mass is 9.96. The number of amides is 2. The number of hydrogen-bond donors (Lipinski definition) is 16. The van der Waals surface area contributed by atoms with Crippen molar-refractivity contribution in [3.05, 3.63) is 0 Å². The van der Waals surface area contributed by atoms with Gasteiger partial charge in [-0.15, -0.1) is 0 Å². The van der Waals surface area contributed by atoms with Gasteiger partial charge in [0.2, 0.25) is 11.8 Å². The summed E-state index contributed by atoms with van der Waals surface area (Å²) < 4.78 is 46.7. The topological polar surface area (TPSA) is 415 Å². The highest BCUT2D eigenvalue weighted by Crippen LogP contribution is 2.33. The van der Waals surface area contributed by atoms with Crippen LogP contribution < -0.4 is 10.6 Å². The van der Waals surface area contributed by atoms with Gasteiger partial charge in [-0.3, -0.25) is 9.59 Å². The van der Waals surface area contributed by atoms with Crippen molar-refractivity contribution < 1.29 is 119 Å². The first-order chi connectivity index (χ1) is 45.2. The van der Waals surface area contributed by atoms with Gasteiger partial charge in [0.1, 0.15) is 104 Å². The minimum atomic E-state index is -2.09. The third kappa shape index (κ3) is 29.7. The molecule has 24 atom stereocenters. The first-order valence-corrected chi connectivity index (χ1v) is 36.3. The van der Waals surface area contributed by atoms with Gasteiger partial charge in [0.05, 0.1) is 44.7 Å². The molecule has 4 heterocycles. The van der Waals surface area contributed by atoms with E-state index in [0.29, 0.717) is 12.8 Å². The Labute approximate surface area is 559 Å². The molecule has 4 rings (SSSR count). The summed E-state index contributed by atoms with van der Waals surface area (Å²) in [4.78, 5) is 26.0. The zero-order chi connectivity index (χ0) is 69.0. The van der Waals surface area contributed by atoms with Crippen LogP contribution in [-0.4, -0.2) is 257 Å². The zero-order valence-corrected chi connectivity index (χ0v) is 57.1. The maximum atomic E-state index is 13.7. The molecule has 0 bridgehead atoms. The first-order valence-electron chi connectivity index (χ1n) is 36.3. The van der Waals surface area contributed by atoms with Crippen molar-refractivity contribution in [2.75, 3.05) is 26.4 Å². The van der Waals surface area contributed by atoms with Crippen molar-refractivity contribution in [2.24, 2.45) is 0 Å². The molecule has 4 aliphatic heterocycles. The Kier molecular flexibility index (Phi) is 43.1. The third-order valence-electron chi connectivity index (χ3n) is 19.0. The van der Waals surface area contributed by atoms with Gasteiger partial charge in [0, 0.05) is 6.92 Å². The number of unbranched alkanes of at least 4 members (excludes halogenated alkanes) is 30. The largest absolute Gasteiger partial charge is 0.394 e. The van der Waals surface area contributed by atoms with Crippen molar-refractivity contribution >= 4 is 11.8 Å². The summed E-state index contributed by atoms with van der Waals surface area (Å²) in [5, 5.41) is 159. The fraction of sp³-hybridized carbons (Fsp3) is 0.971. The van der Waals surface area contributed by atoms with Crippen molar-refractivity contribution in [2.45, 2.75) is 393 Å². The van der Waals surface area contributed by atoms with Crippen LogP contribution in [0.5, 0.6) is 0 Å². The maximum Gasteiger partial charge on any atom is 0.249 e. The molecule has 554 valence electrons. The number of rotatable bonds is 52. The van der Waals surface area contributed by atoms with Crippen molar-refractivity contribution in [1.29, 1.82) is 0 Å². The molecule has 26 nitrogen and oxygen atoms in total. The van der Waals surface area contributed by atoms with Gasteiger partial charge in [0.15, 0.2) is 25.2 Å². The number of nitrogens with one attached hydrogen (secondary N) is 2. The van der Waals surface area contributed by atoms with E-state index < -0.39 is 185 Å². The molecule has 24 unspecified atom stereocenters. The van der Waals surface area contributed by atoms with E-state index in [0.717, 1.165) is 64.7 Å². The Balaban J connectivity index is 1.39. The zero-order valence-electron chi connectivity index (χ0n) is 57.1. The average molecular weight is 1360 g/mol. The summed E-state index contributed by atoms with van der Waals surface area (Å²) in [6.07, 6.45) is 0.120. The molecule has 0 aliphatic carbocycles. The molecule has 4 fully saturated rings. The van der Waals surface area contributed by atoms with Gasteiger partial charge < -0.3 is 120 Å². The van der Waals surface area contributed by atoms with Crippen molar-refractivity contribution in [1.82, 2.24) is 10.6 Å². The molecule has 94 heavy (non-hydrogen) atoms. The van der Waals surface area contributed by atoms with E-state index >= 15 is 0 Å². The van der Waals surface area contributed by atoms with Crippen LogP contribution in [0.2, 0.25) is 0 Å². The molecule has 0 aromatic carbocycles. The normalized spacial score (nSPS) is 32.3. The second kappa shape index (κ2) is 48.0. The molecule has 0 saturated carbocycles. The molecule has 26 heteroatoms. The maximum absolute atomic E-state index is 13.7. The highest BCUT2D eigenvalue weighted by molar-refractivity contribution is 5.80. The van der Waals surface area contributed by atoms with E-state index in [-0.39, 0.29) is 12.8 Å². The summed E-state index contributed by atoms with van der Waals surface area (Å²) >= 11 is 0. The summed E-state index contributed by atoms with van der Waals surface area (Å²) in [6, 6.07) is -2.92. The van der Waals surface area contributed by atoms with Gasteiger partial charge in [-0.1, -0.05) is 219 Å². The predicted molar refractivity (Wildman–Crippen MR) is 346 cm³/mol. The average Bonchev–Trinajstić information content (AvgIpc) is 0.906. The number of aliphatic hydroxyl groups excluding tert-OH is 14. The van der Waals surface area contributed by atoms with Crippen molar-refractivity contribution in [3.63, 3.8) is 0 Å². The van der Waals surface area contributed by atoms with Crippen LogP contribution in [0.3, 0.4) is 0 Å². The van der Waals surface area contributed by atoms with Crippen LogP contribution in [0.15, 0.2) is 0 Å². The molecule has 2 amide bonds. The Morgan fingerprint density at radius 3 is 1.29 bits per heavy atom. The van der Waals surface area contributed by atoms with Crippen LogP contribution in [-0.2, 0) is 47.5 Å². The highest BCUT2D eigenvalue weighted by atomic mass is 16.8. The highest BCUT2D eigenvalue weighted by Gasteiger charge is 2.53. The van der Waals surface area contributed by atoms with E-state index in [9.17, 15) is 81.1 Å². The smallest absolute Gasteiger partial charge is 0.249 e. The molecule has 0 radical (unpaired) electrons. The van der Waals surface area contributed by atoms with E-state index in [2.05, 4.69) is 24.5 Å². The molecule has 0 aromatic rings. The number of carbonyl (C=O) groups is 2. The molecular formula is C68H128N2O24. The lowest BCUT2D eigenvalue weighted by Crippen LogP contribution is -2.66. The van der Waals surface area contributed by atoms with Crippen LogP contribution >= 0.6 is 0 Å². The number of hydrogen-bond acceptors (Lipinski definition) is 24. The molecule has 4 aliphatic rings. The third-order valence-corrected chi connectivity index (χ3v) is 19.0. The molecule has 0 aromatic heterocycles. The summed E-state index contributed by atoms with van der Waals surface area (Å²) in [7, 11) is 0. The van der Waals surface area contributed by atoms with Gasteiger partial charge in [-0.25, -0.2) is 0 Å². The molecule has 4 saturated heterocycles. The van der Waals surface area contributed by atoms with E-state index in [1.165, 1.54) is 142 Å². The first kappa shape index (κ1) is 84.5. The lowest BCUT2D eigenvalue weighted by molar-refractivity contribution is -0.371. The predicted octanol–water partition coefficient (Wildman–Crippen LogP) is 3.32. The van der Waals surface area contributed by atoms with E-state index in [1.54, 1.807) is 0 Å². The van der Waals surface area contributed by atoms with Crippen LogP contribution in [0.25, 0.3) is 0 Å². The fourth-order valence-electron chi connectivity index (χ4n) is 12.9. The second-order valence-electron chi connectivity index (χ2n) is 27.1. The number of carbonyl (C=O) groups excluding carboxylic acids is 2. The van der Waals surface area contributed by atoms with Gasteiger partial charge >= 0.3 is 0 Å². The van der Waals surface area contributed by atoms with Gasteiger partial charge in [0.25, 0.3) is 0 Å². The molecular weight excluding hydrogens is 1230 g/mol. The van der Waals surface area contributed by atoms with Crippen molar-refractivity contribution in [3.8, 4) is 0 Å². The van der Waals surface area contributed by atoms with Crippen LogP contribution in [0.1, 0.15) is 246 Å². The van der Waals surface area contributed by atoms with E-state index in [1.807, 2.05) is 0 Å². The minimum Gasteiger partial charge on any atom is -0.394 e. The monoisotopic (exact) mass is 1360 g/mol. The lowest BCUT2D eigenvalue weighted by Gasteiger charge is -2.47. The van der Waals surface area contributed by atoms with Gasteiger partial charge in [-0.05, 0) is 19.8 Å². The van der Waals surface area contributed by atoms with Crippen LogP contribution in [0, 0.1) is 0 Å². The Bertz CT molecular complexity index is 1940. The minimum absolute atomic E-state index is 0.126. The summed E-state index contributed by atoms with van der Waals surface area (Å²) in [5.74, 6) is -1.53. The quantitative estimate of drug-likeness (QED) is 0.0388. The summed E-state index contributed by atoms with van der Waals surface area (Å²) in [5.41, 5.74) is 0. The van der Waals surface area contributed by atoms with E-state index in [4.69, 9.17) is 37.9 Å². The number of ether oxygens (including phenoxy) is 8. The van der Waals surface area contributed by atoms with Gasteiger partial charge in [-0.2, -0.15) is 0 Å². The number of aliphatic hydroxyl groups is 14.